The number of anilines is 1. The zero-order valence-corrected chi connectivity index (χ0v) is 23.1. The SMILES string of the molecule is COc1cc(C(Nc2ccc(C(=N)N)cc2)c2nn(-c3ncccc3OC)c(=O)[nH]2)ccc1OCCN1CCCC1. The van der Waals surface area contributed by atoms with Crippen LogP contribution in [-0.2, 0) is 0 Å². The van der Waals surface area contributed by atoms with Crippen molar-refractivity contribution in [3.05, 3.63) is 88.2 Å². The van der Waals surface area contributed by atoms with Gasteiger partial charge in [-0.15, -0.1) is 5.10 Å². The van der Waals surface area contributed by atoms with Crippen LogP contribution < -0.4 is 31.0 Å². The summed E-state index contributed by atoms with van der Waals surface area (Å²) in [6.07, 6.45) is 4.03. The van der Waals surface area contributed by atoms with E-state index in [1.807, 2.05) is 30.3 Å². The highest BCUT2D eigenvalue weighted by Gasteiger charge is 2.23. The first-order valence-corrected chi connectivity index (χ1v) is 13.4. The van der Waals surface area contributed by atoms with Crippen molar-refractivity contribution in [2.75, 3.05) is 45.8 Å². The summed E-state index contributed by atoms with van der Waals surface area (Å²) in [5.41, 5.74) is 7.27. The summed E-state index contributed by atoms with van der Waals surface area (Å²) in [5.74, 6) is 2.21. The van der Waals surface area contributed by atoms with Gasteiger partial charge in [0, 0.05) is 24.0 Å². The number of aromatic amines is 1. The predicted octanol–water partition coefficient (Wildman–Crippen LogP) is 2.93. The Bertz CT molecular complexity index is 1540. The van der Waals surface area contributed by atoms with E-state index in [9.17, 15) is 4.79 Å². The fourth-order valence-corrected chi connectivity index (χ4v) is 4.81. The van der Waals surface area contributed by atoms with Crippen molar-refractivity contribution in [1.29, 1.82) is 5.41 Å². The quantitative estimate of drug-likeness (QED) is 0.152. The van der Waals surface area contributed by atoms with Crippen molar-refractivity contribution in [3.63, 3.8) is 0 Å². The van der Waals surface area contributed by atoms with E-state index in [0.29, 0.717) is 35.2 Å². The van der Waals surface area contributed by atoms with Gasteiger partial charge in [0.1, 0.15) is 18.5 Å². The topological polar surface area (TPSA) is 156 Å². The molecule has 1 fully saturated rings. The van der Waals surface area contributed by atoms with Crippen LogP contribution in [0.1, 0.15) is 35.8 Å². The molecule has 0 aliphatic carbocycles. The number of rotatable bonds is 12. The van der Waals surface area contributed by atoms with Gasteiger partial charge in [0.05, 0.1) is 14.2 Å². The number of benzene rings is 2. The Morgan fingerprint density at radius 1 is 1.07 bits per heavy atom. The van der Waals surface area contributed by atoms with Gasteiger partial charge in [-0.25, -0.2) is 9.78 Å². The van der Waals surface area contributed by atoms with Crippen LogP contribution in [0.5, 0.6) is 17.2 Å². The number of methoxy groups -OCH3 is 2. The highest BCUT2D eigenvalue weighted by molar-refractivity contribution is 5.95. The van der Waals surface area contributed by atoms with Crippen molar-refractivity contribution in [2.24, 2.45) is 5.73 Å². The summed E-state index contributed by atoms with van der Waals surface area (Å²) in [5, 5.41) is 15.7. The zero-order chi connectivity index (χ0) is 28.8. The van der Waals surface area contributed by atoms with E-state index in [2.05, 4.69) is 25.3 Å². The van der Waals surface area contributed by atoms with Crippen molar-refractivity contribution < 1.29 is 14.2 Å². The van der Waals surface area contributed by atoms with E-state index in [0.717, 1.165) is 30.9 Å². The maximum atomic E-state index is 13.1. The Labute approximate surface area is 237 Å². The van der Waals surface area contributed by atoms with Crippen LogP contribution in [0.4, 0.5) is 5.69 Å². The molecule has 2 aromatic heterocycles. The summed E-state index contributed by atoms with van der Waals surface area (Å²) >= 11 is 0. The van der Waals surface area contributed by atoms with Crippen molar-refractivity contribution in [2.45, 2.75) is 18.9 Å². The smallest absolute Gasteiger partial charge is 0.349 e. The summed E-state index contributed by atoms with van der Waals surface area (Å²) in [7, 11) is 3.11. The van der Waals surface area contributed by atoms with Gasteiger partial charge in [0.15, 0.2) is 23.1 Å². The molecule has 12 nitrogen and oxygen atoms in total. The molecule has 0 bridgehead atoms. The number of nitrogen functional groups attached to an aromatic ring is 1. The van der Waals surface area contributed by atoms with Gasteiger partial charge in [-0.1, -0.05) is 6.07 Å². The lowest BCUT2D eigenvalue weighted by Gasteiger charge is -2.21. The Balaban J connectivity index is 1.48. The second-order valence-corrected chi connectivity index (χ2v) is 9.63. The van der Waals surface area contributed by atoms with Crippen LogP contribution >= 0.6 is 0 Å². The average molecular weight is 559 g/mol. The maximum Gasteiger partial charge on any atom is 0.349 e. The van der Waals surface area contributed by atoms with Crippen LogP contribution in [0.25, 0.3) is 5.82 Å². The Morgan fingerprint density at radius 2 is 1.83 bits per heavy atom. The molecule has 0 radical (unpaired) electrons. The number of aromatic nitrogens is 4. The standard InChI is InChI=1S/C29H34N8O4/c1-39-23-6-5-13-32-28(23)37-29(38)34-27(35-37)25(33-21-10-7-19(8-11-21)26(30)31)20-9-12-22(24(18-20)40-2)41-17-16-36-14-3-4-15-36/h5-13,18,25,33H,3-4,14-17H2,1-2H3,(H3,30,31)(H,34,35,38). The number of H-pyrrole nitrogens is 1. The van der Waals surface area contributed by atoms with Crippen molar-refractivity contribution >= 4 is 11.5 Å². The first-order chi connectivity index (χ1) is 20.0. The third kappa shape index (κ3) is 6.33. The van der Waals surface area contributed by atoms with Crippen LogP contribution in [0.15, 0.2) is 65.6 Å². The molecule has 1 unspecified atom stereocenters. The van der Waals surface area contributed by atoms with Crippen LogP contribution in [-0.4, -0.2) is 70.9 Å². The molecule has 1 atom stereocenters. The Kier molecular flexibility index (Phi) is 8.49. The number of pyridine rings is 1. The number of amidine groups is 1. The molecule has 1 aliphatic rings. The molecule has 0 saturated carbocycles. The molecule has 4 aromatic rings. The summed E-state index contributed by atoms with van der Waals surface area (Å²) in [6, 6.07) is 15.6. The van der Waals surface area contributed by atoms with Gasteiger partial charge in [0.2, 0.25) is 5.82 Å². The molecule has 12 heteroatoms. The average Bonchev–Trinajstić information content (AvgIpc) is 3.66. The minimum Gasteiger partial charge on any atom is -0.493 e. The Hall–Kier alpha value is -4.84. The van der Waals surface area contributed by atoms with Crippen LogP contribution in [0.2, 0.25) is 0 Å². The van der Waals surface area contributed by atoms with E-state index in [4.69, 9.17) is 25.4 Å². The van der Waals surface area contributed by atoms with Gasteiger partial charge >= 0.3 is 5.69 Å². The third-order valence-corrected chi connectivity index (χ3v) is 6.97. The normalized spacial score (nSPS) is 14.0. The Morgan fingerprint density at radius 3 is 2.54 bits per heavy atom. The molecule has 214 valence electrons. The molecule has 0 amide bonds. The maximum absolute atomic E-state index is 13.1. The zero-order valence-electron chi connectivity index (χ0n) is 23.1. The van der Waals surface area contributed by atoms with Crippen molar-refractivity contribution in [3.8, 4) is 23.1 Å². The van der Waals surface area contributed by atoms with Gasteiger partial charge in [-0.2, -0.15) is 4.68 Å². The van der Waals surface area contributed by atoms with Gasteiger partial charge in [0.25, 0.3) is 0 Å². The molecule has 1 aliphatic heterocycles. The minimum atomic E-state index is -0.589. The largest absolute Gasteiger partial charge is 0.493 e. The van der Waals surface area contributed by atoms with Crippen molar-refractivity contribution in [1.82, 2.24) is 24.6 Å². The summed E-state index contributed by atoms with van der Waals surface area (Å²) < 4.78 is 18.3. The molecular formula is C29H34N8O4. The van der Waals surface area contributed by atoms with Gasteiger partial charge in [-0.3, -0.25) is 15.3 Å². The molecule has 0 spiro atoms. The number of nitrogens with zero attached hydrogens (tertiary/aromatic N) is 4. The summed E-state index contributed by atoms with van der Waals surface area (Å²) in [4.78, 5) is 22.6. The lowest BCUT2D eigenvalue weighted by atomic mass is 10.0. The highest BCUT2D eigenvalue weighted by Crippen LogP contribution is 2.33. The van der Waals surface area contributed by atoms with E-state index in [1.54, 1.807) is 37.6 Å². The first-order valence-electron chi connectivity index (χ1n) is 13.4. The molecule has 1 saturated heterocycles. The molecule has 5 N–H and O–H groups in total. The molecule has 41 heavy (non-hydrogen) atoms. The van der Waals surface area contributed by atoms with E-state index < -0.39 is 11.7 Å². The number of hydrogen-bond donors (Lipinski definition) is 4. The number of ether oxygens (including phenoxy) is 3. The number of likely N-dealkylation sites (tertiary alicyclic amines) is 1. The summed E-state index contributed by atoms with van der Waals surface area (Å²) in [6.45, 7) is 3.63. The molecular weight excluding hydrogens is 524 g/mol. The van der Waals surface area contributed by atoms with Gasteiger partial charge < -0.3 is 25.3 Å². The lowest BCUT2D eigenvalue weighted by Crippen LogP contribution is -2.25. The van der Waals surface area contributed by atoms with E-state index >= 15 is 0 Å². The number of nitrogens with two attached hydrogens (primary N) is 1. The second kappa shape index (κ2) is 12.6. The van der Waals surface area contributed by atoms with Gasteiger partial charge in [-0.05, 0) is 80.0 Å². The third-order valence-electron chi connectivity index (χ3n) is 6.97. The second-order valence-electron chi connectivity index (χ2n) is 9.63. The lowest BCUT2D eigenvalue weighted by molar-refractivity contribution is 0.230. The molecule has 2 aromatic carbocycles. The molecule has 3 heterocycles. The van der Waals surface area contributed by atoms with E-state index in [-0.39, 0.29) is 11.7 Å². The van der Waals surface area contributed by atoms with Crippen LogP contribution in [0.3, 0.4) is 0 Å². The fraction of sp³-hybridized carbons (Fsp3) is 0.310. The number of nitrogens with one attached hydrogen (secondary N) is 3. The predicted molar refractivity (Wildman–Crippen MR) is 156 cm³/mol. The minimum absolute atomic E-state index is 0.0227. The first kappa shape index (κ1) is 27.7. The highest BCUT2D eigenvalue weighted by atomic mass is 16.5. The fourth-order valence-electron chi connectivity index (χ4n) is 4.81. The van der Waals surface area contributed by atoms with Crippen LogP contribution in [0, 0.1) is 5.41 Å². The van der Waals surface area contributed by atoms with E-state index in [1.165, 1.54) is 24.6 Å². The molecule has 5 rings (SSSR count). The monoisotopic (exact) mass is 558 g/mol. The number of hydrogen-bond acceptors (Lipinski definition) is 9.